The molecule has 0 aliphatic carbocycles. The fourth-order valence-electron chi connectivity index (χ4n) is 1.58. The van der Waals surface area contributed by atoms with Gasteiger partial charge < -0.3 is 0 Å². The lowest BCUT2D eigenvalue weighted by Gasteiger charge is -2.17. The lowest BCUT2D eigenvalue weighted by molar-refractivity contribution is 0.446. The van der Waals surface area contributed by atoms with E-state index in [0.717, 1.165) is 18.4 Å². The molecule has 3 N–H and O–H groups in total. The van der Waals surface area contributed by atoms with Gasteiger partial charge >= 0.3 is 0 Å². The molecule has 2 nitrogen and oxygen atoms in total. The van der Waals surface area contributed by atoms with Crippen molar-refractivity contribution in [1.82, 2.24) is 5.43 Å². The van der Waals surface area contributed by atoms with E-state index in [1.54, 1.807) is 6.07 Å². The highest BCUT2D eigenvalue weighted by Gasteiger charge is 2.12. The van der Waals surface area contributed by atoms with Crippen LogP contribution in [0.2, 0.25) is 0 Å². The number of hydrogen-bond donors (Lipinski definition) is 2. The van der Waals surface area contributed by atoms with Crippen LogP contribution in [0.25, 0.3) is 0 Å². The fourth-order valence-corrected chi connectivity index (χ4v) is 1.82. The molecule has 1 aromatic rings. The predicted molar refractivity (Wildman–Crippen MR) is 68.2 cm³/mol. The van der Waals surface area contributed by atoms with Crippen LogP contribution in [-0.2, 0) is 0 Å². The highest BCUT2D eigenvalue weighted by Crippen LogP contribution is 2.24. The zero-order valence-corrected chi connectivity index (χ0v) is 11.2. The van der Waals surface area contributed by atoms with Gasteiger partial charge in [-0.05, 0) is 52.4 Å². The second kappa shape index (κ2) is 6.33. The van der Waals surface area contributed by atoms with E-state index < -0.39 is 0 Å². The van der Waals surface area contributed by atoms with Crippen LogP contribution in [0.4, 0.5) is 4.39 Å². The zero-order chi connectivity index (χ0) is 12.1. The molecule has 0 bridgehead atoms. The number of nitrogens with one attached hydrogen (secondary N) is 1. The average molecular weight is 289 g/mol. The third kappa shape index (κ3) is 3.85. The topological polar surface area (TPSA) is 38.0 Å². The third-order valence-electron chi connectivity index (χ3n) is 2.58. The summed E-state index contributed by atoms with van der Waals surface area (Å²) in [7, 11) is 0. The zero-order valence-electron chi connectivity index (χ0n) is 9.63. The van der Waals surface area contributed by atoms with E-state index in [1.807, 2.05) is 6.07 Å². The molecule has 0 aromatic heterocycles. The van der Waals surface area contributed by atoms with Crippen molar-refractivity contribution in [3.63, 3.8) is 0 Å². The van der Waals surface area contributed by atoms with Crippen LogP contribution in [0, 0.1) is 11.7 Å². The Kier molecular flexibility index (Phi) is 5.38. The molecule has 0 amide bonds. The van der Waals surface area contributed by atoms with Crippen LogP contribution >= 0.6 is 15.9 Å². The van der Waals surface area contributed by atoms with Gasteiger partial charge in [-0.3, -0.25) is 11.3 Å². The number of benzene rings is 1. The van der Waals surface area contributed by atoms with Crippen LogP contribution in [-0.4, -0.2) is 0 Å². The summed E-state index contributed by atoms with van der Waals surface area (Å²) in [6, 6.07) is 5.14. The van der Waals surface area contributed by atoms with Crippen molar-refractivity contribution in [2.24, 2.45) is 11.8 Å². The van der Waals surface area contributed by atoms with Crippen molar-refractivity contribution in [2.75, 3.05) is 0 Å². The van der Waals surface area contributed by atoms with Gasteiger partial charge in [-0.1, -0.05) is 19.9 Å². The Labute approximate surface area is 105 Å². The molecule has 0 aliphatic rings. The molecule has 1 aromatic carbocycles. The summed E-state index contributed by atoms with van der Waals surface area (Å²) in [6.07, 6.45) is 1.97. The Bertz CT molecular complexity index is 342. The van der Waals surface area contributed by atoms with Gasteiger partial charge in [-0.2, -0.15) is 0 Å². The smallest absolute Gasteiger partial charge is 0.137 e. The summed E-state index contributed by atoms with van der Waals surface area (Å²) >= 11 is 3.14. The molecule has 16 heavy (non-hydrogen) atoms. The summed E-state index contributed by atoms with van der Waals surface area (Å²) in [4.78, 5) is 0. The number of nitrogens with two attached hydrogens (primary N) is 1. The molecule has 0 heterocycles. The number of rotatable bonds is 5. The third-order valence-corrected chi connectivity index (χ3v) is 3.22. The minimum atomic E-state index is -0.248. The maximum atomic E-state index is 13.4. The van der Waals surface area contributed by atoms with E-state index in [4.69, 9.17) is 5.84 Å². The maximum absolute atomic E-state index is 13.4. The van der Waals surface area contributed by atoms with Crippen LogP contribution < -0.4 is 11.3 Å². The molecule has 0 spiro atoms. The first-order valence-electron chi connectivity index (χ1n) is 5.45. The van der Waals surface area contributed by atoms with Gasteiger partial charge in [0.2, 0.25) is 0 Å². The summed E-state index contributed by atoms with van der Waals surface area (Å²) in [5.41, 5.74) is 3.63. The summed E-state index contributed by atoms with van der Waals surface area (Å²) in [5, 5.41) is 0. The van der Waals surface area contributed by atoms with Gasteiger partial charge in [-0.15, -0.1) is 0 Å². The number of halogens is 2. The summed E-state index contributed by atoms with van der Waals surface area (Å²) in [5.74, 6) is 5.87. The monoisotopic (exact) mass is 288 g/mol. The molecule has 1 unspecified atom stereocenters. The van der Waals surface area contributed by atoms with Crippen LogP contribution in [0.3, 0.4) is 0 Å². The molecule has 90 valence electrons. The van der Waals surface area contributed by atoms with E-state index in [0.29, 0.717) is 10.4 Å². The van der Waals surface area contributed by atoms with Gasteiger partial charge in [0.25, 0.3) is 0 Å². The number of hydrogen-bond acceptors (Lipinski definition) is 2. The Balaban J connectivity index is 2.74. The molecule has 0 radical (unpaired) electrons. The molecule has 0 saturated heterocycles. The molecule has 0 fully saturated rings. The second-order valence-corrected chi connectivity index (χ2v) is 5.22. The van der Waals surface area contributed by atoms with Gasteiger partial charge in [0, 0.05) is 6.04 Å². The molecule has 0 aliphatic heterocycles. The highest BCUT2D eigenvalue weighted by atomic mass is 79.9. The molecule has 1 rings (SSSR count). The van der Waals surface area contributed by atoms with Crippen LogP contribution in [0.15, 0.2) is 22.7 Å². The maximum Gasteiger partial charge on any atom is 0.137 e. The number of hydrazine groups is 1. The van der Waals surface area contributed by atoms with Gasteiger partial charge in [0.05, 0.1) is 4.47 Å². The van der Waals surface area contributed by atoms with Gasteiger partial charge in [-0.25, -0.2) is 4.39 Å². The largest absolute Gasteiger partial charge is 0.271 e. The quantitative estimate of drug-likeness (QED) is 0.643. The Morgan fingerprint density at radius 1 is 1.38 bits per heavy atom. The van der Waals surface area contributed by atoms with Crippen molar-refractivity contribution >= 4 is 15.9 Å². The first kappa shape index (κ1) is 13.6. The van der Waals surface area contributed by atoms with E-state index in [1.165, 1.54) is 6.07 Å². The Hall–Kier alpha value is -0.450. The molecular weight excluding hydrogens is 271 g/mol. The highest BCUT2D eigenvalue weighted by molar-refractivity contribution is 9.10. The van der Waals surface area contributed by atoms with Crippen molar-refractivity contribution in [3.8, 4) is 0 Å². The summed E-state index contributed by atoms with van der Waals surface area (Å²) < 4.78 is 13.8. The van der Waals surface area contributed by atoms with Gasteiger partial charge in [0.15, 0.2) is 0 Å². The van der Waals surface area contributed by atoms with Crippen LogP contribution in [0.1, 0.15) is 38.3 Å². The van der Waals surface area contributed by atoms with Crippen molar-refractivity contribution in [3.05, 3.63) is 34.1 Å². The van der Waals surface area contributed by atoms with E-state index >= 15 is 0 Å². The van der Waals surface area contributed by atoms with Crippen molar-refractivity contribution in [1.29, 1.82) is 0 Å². The first-order valence-corrected chi connectivity index (χ1v) is 6.25. The van der Waals surface area contributed by atoms with E-state index in [9.17, 15) is 4.39 Å². The Morgan fingerprint density at radius 3 is 2.56 bits per heavy atom. The van der Waals surface area contributed by atoms with Crippen LogP contribution in [0.5, 0.6) is 0 Å². The SMILES string of the molecule is CC(C)CCC(NN)c1ccc(Br)c(F)c1. The van der Waals surface area contributed by atoms with Crippen molar-refractivity contribution < 1.29 is 4.39 Å². The average Bonchev–Trinajstić information content (AvgIpc) is 2.23. The standard InChI is InChI=1S/C12H18BrFN2/c1-8(2)3-6-12(16-15)9-4-5-10(13)11(14)7-9/h4-5,7-8,12,16H,3,6,15H2,1-2H3. The molecule has 4 heteroatoms. The molecule has 1 atom stereocenters. The fraction of sp³-hybridized carbons (Fsp3) is 0.500. The molecular formula is C12H18BrFN2. The summed E-state index contributed by atoms with van der Waals surface area (Å²) in [6.45, 7) is 4.32. The lowest BCUT2D eigenvalue weighted by atomic mass is 9.98. The molecule has 0 saturated carbocycles. The van der Waals surface area contributed by atoms with E-state index in [-0.39, 0.29) is 11.9 Å². The predicted octanol–water partition coefficient (Wildman–Crippen LogP) is 3.53. The minimum Gasteiger partial charge on any atom is -0.271 e. The first-order chi connectivity index (χ1) is 7.54. The lowest BCUT2D eigenvalue weighted by Crippen LogP contribution is -2.28. The second-order valence-electron chi connectivity index (χ2n) is 4.36. The van der Waals surface area contributed by atoms with Crippen molar-refractivity contribution in [2.45, 2.75) is 32.7 Å². The normalized spacial score (nSPS) is 13.1. The van der Waals surface area contributed by atoms with Gasteiger partial charge in [0.1, 0.15) is 5.82 Å². The van der Waals surface area contributed by atoms with E-state index in [2.05, 4.69) is 35.2 Å². The Morgan fingerprint density at radius 2 is 2.06 bits per heavy atom. The minimum absolute atomic E-state index is 0.0185.